The van der Waals surface area contributed by atoms with Gasteiger partial charge < -0.3 is 10.2 Å². The third-order valence-electron chi connectivity index (χ3n) is 3.68. The summed E-state index contributed by atoms with van der Waals surface area (Å²) < 4.78 is 0. The molecule has 6 heteroatoms. The molecule has 0 atom stereocenters. The van der Waals surface area contributed by atoms with Gasteiger partial charge in [0.15, 0.2) is 0 Å². The fourth-order valence-corrected chi connectivity index (χ4v) is 2.72. The van der Waals surface area contributed by atoms with Crippen LogP contribution in [0.5, 0.6) is 0 Å². The lowest BCUT2D eigenvalue weighted by atomic mass is 10.1. The topological polar surface area (TPSA) is 75.5 Å². The van der Waals surface area contributed by atoms with Crippen molar-refractivity contribution in [2.75, 3.05) is 25.0 Å². The molecule has 0 bridgehead atoms. The summed E-state index contributed by atoms with van der Waals surface area (Å²) in [6, 6.07) is 4.73. The minimum atomic E-state index is -0.433. The number of rotatable bonds is 9. The molecule has 0 radical (unpaired) electrons. The van der Waals surface area contributed by atoms with Crippen LogP contribution in [0.4, 0.5) is 11.4 Å². The van der Waals surface area contributed by atoms with Gasteiger partial charge in [0.2, 0.25) is 5.91 Å². The summed E-state index contributed by atoms with van der Waals surface area (Å²) in [6.07, 6.45) is 0.377. The van der Waals surface area contributed by atoms with Crippen LogP contribution in [0.1, 0.15) is 39.7 Å². The number of hydrogen-bond acceptors (Lipinski definition) is 4. The summed E-state index contributed by atoms with van der Waals surface area (Å²) in [4.78, 5) is 25.0. The molecule has 6 nitrogen and oxygen atoms in total. The third-order valence-corrected chi connectivity index (χ3v) is 3.68. The number of carbonyl (C=O) groups excluding carboxylic acids is 1. The average Bonchev–Trinajstić information content (AvgIpc) is 2.45. The van der Waals surface area contributed by atoms with Crippen molar-refractivity contribution in [3.05, 3.63) is 33.9 Å². The molecule has 24 heavy (non-hydrogen) atoms. The first-order chi connectivity index (χ1) is 11.2. The van der Waals surface area contributed by atoms with Gasteiger partial charge in [-0.1, -0.05) is 33.8 Å². The zero-order valence-corrected chi connectivity index (χ0v) is 15.3. The van der Waals surface area contributed by atoms with Crippen LogP contribution < -0.4 is 5.32 Å². The van der Waals surface area contributed by atoms with Gasteiger partial charge >= 0.3 is 0 Å². The van der Waals surface area contributed by atoms with E-state index in [-0.39, 0.29) is 11.6 Å². The molecule has 0 heterocycles. The minimum absolute atomic E-state index is 0.0223. The second-order valence-electron chi connectivity index (χ2n) is 7.05. The standard InChI is InChI=1S/C18H29N3O3/c1-13(2)11-20(12-14(3)4)10-9-18(22)19-16-7-6-8-17(15(16)5)21(23)24/h6-8,13-14H,9-12H2,1-5H3,(H,19,22). The molecule has 0 saturated heterocycles. The van der Waals surface area contributed by atoms with Crippen molar-refractivity contribution in [1.29, 1.82) is 0 Å². The monoisotopic (exact) mass is 335 g/mol. The van der Waals surface area contributed by atoms with Gasteiger partial charge in [0.25, 0.3) is 5.69 Å². The van der Waals surface area contributed by atoms with Crippen LogP contribution in [0.3, 0.4) is 0 Å². The number of nitro benzene ring substituents is 1. The van der Waals surface area contributed by atoms with Crippen molar-refractivity contribution in [2.24, 2.45) is 11.8 Å². The number of anilines is 1. The maximum atomic E-state index is 12.2. The van der Waals surface area contributed by atoms with E-state index in [2.05, 4.69) is 37.9 Å². The number of benzene rings is 1. The Hall–Kier alpha value is -1.95. The van der Waals surface area contributed by atoms with Gasteiger partial charge in [0.1, 0.15) is 0 Å². The molecule has 0 aromatic heterocycles. The van der Waals surface area contributed by atoms with Crippen molar-refractivity contribution in [3.8, 4) is 0 Å². The first-order valence-electron chi connectivity index (χ1n) is 8.47. The maximum absolute atomic E-state index is 12.2. The Kier molecular flexibility index (Phi) is 7.85. The molecule has 0 fully saturated rings. The van der Waals surface area contributed by atoms with E-state index in [4.69, 9.17) is 0 Å². The number of nitrogens with one attached hydrogen (secondary N) is 1. The predicted octanol–water partition coefficient (Wildman–Crippen LogP) is 3.85. The Morgan fingerprint density at radius 2 is 1.79 bits per heavy atom. The van der Waals surface area contributed by atoms with Crippen molar-refractivity contribution in [3.63, 3.8) is 0 Å². The molecule has 0 aliphatic rings. The van der Waals surface area contributed by atoms with Crippen LogP contribution in [-0.2, 0) is 4.79 Å². The first-order valence-corrected chi connectivity index (χ1v) is 8.47. The highest BCUT2D eigenvalue weighted by atomic mass is 16.6. The molecular weight excluding hydrogens is 306 g/mol. The van der Waals surface area contributed by atoms with Crippen LogP contribution in [-0.4, -0.2) is 35.4 Å². The first kappa shape index (κ1) is 20.1. The molecule has 1 aromatic rings. The van der Waals surface area contributed by atoms with E-state index < -0.39 is 4.92 Å². The zero-order chi connectivity index (χ0) is 18.3. The van der Waals surface area contributed by atoms with Gasteiger partial charge in [-0.3, -0.25) is 14.9 Å². The second-order valence-corrected chi connectivity index (χ2v) is 7.05. The predicted molar refractivity (Wildman–Crippen MR) is 97.2 cm³/mol. The van der Waals surface area contributed by atoms with E-state index in [0.29, 0.717) is 36.1 Å². The average molecular weight is 335 g/mol. The molecule has 1 aromatic carbocycles. The normalized spacial score (nSPS) is 11.3. The Bertz CT molecular complexity index is 561. The summed E-state index contributed by atoms with van der Waals surface area (Å²) >= 11 is 0. The molecule has 0 saturated carbocycles. The van der Waals surface area contributed by atoms with Gasteiger partial charge in [0, 0.05) is 32.1 Å². The van der Waals surface area contributed by atoms with Gasteiger partial charge in [-0.2, -0.15) is 0 Å². The lowest BCUT2D eigenvalue weighted by molar-refractivity contribution is -0.385. The van der Waals surface area contributed by atoms with Crippen LogP contribution in [0.25, 0.3) is 0 Å². The Balaban J connectivity index is 2.65. The highest BCUT2D eigenvalue weighted by Crippen LogP contribution is 2.25. The summed E-state index contributed by atoms with van der Waals surface area (Å²) in [5.74, 6) is 0.979. The van der Waals surface area contributed by atoms with Crippen LogP contribution in [0, 0.1) is 28.9 Å². The number of nitro groups is 1. The van der Waals surface area contributed by atoms with E-state index in [1.165, 1.54) is 6.07 Å². The Labute approximate surface area is 144 Å². The van der Waals surface area contributed by atoms with Crippen molar-refractivity contribution in [2.45, 2.75) is 41.0 Å². The number of nitrogens with zero attached hydrogens (tertiary/aromatic N) is 2. The lowest BCUT2D eigenvalue weighted by Gasteiger charge is -2.25. The van der Waals surface area contributed by atoms with E-state index in [9.17, 15) is 14.9 Å². The molecule has 134 valence electrons. The minimum Gasteiger partial charge on any atom is -0.326 e. The highest BCUT2D eigenvalue weighted by Gasteiger charge is 2.16. The third kappa shape index (κ3) is 6.66. The fraction of sp³-hybridized carbons (Fsp3) is 0.611. The van der Waals surface area contributed by atoms with Gasteiger partial charge in [0.05, 0.1) is 16.2 Å². The highest BCUT2D eigenvalue weighted by molar-refractivity contribution is 5.92. The number of amides is 1. The smallest absolute Gasteiger partial charge is 0.274 e. The molecular formula is C18H29N3O3. The van der Waals surface area contributed by atoms with Crippen molar-refractivity contribution >= 4 is 17.3 Å². The van der Waals surface area contributed by atoms with Gasteiger partial charge in [-0.15, -0.1) is 0 Å². The molecule has 1 amide bonds. The molecule has 0 aliphatic heterocycles. The van der Waals surface area contributed by atoms with E-state index in [1.807, 2.05) is 0 Å². The summed E-state index contributed by atoms with van der Waals surface area (Å²) in [6.45, 7) is 12.9. The molecule has 1 N–H and O–H groups in total. The van der Waals surface area contributed by atoms with Crippen LogP contribution in [0.15, 0.2) is 18.2 Å². The summed E-state index contributed by atoms with van der Waals surface area (Å²) in [5, 5.41) is 13.8. The SMILES string of the molecule is Cc1c(NC(=O)CCN(CC(C)C)CC(C)C)cccc1[N+](=O)[O-]. The van der Waals surface area contributed by atoms with Gasteiger partial charge in [-0.05, 0) is 24.8 Å². The quantitative estimate of drug-likeness (QED) is 0.549. The van der Waals surface area contributed by atoms with Gasteiger partial charge in [-0.25, -0.2) is 0 Å². The molecule has 1 rings (SSSR count). The zero-order valence-electron chi connectivity index (χ0n) is 15.3. The summed E-state index contributed by atoms with van der Waals surface area (Å²) in [7, 11) is 0. The fourth-order valence-electron chi connectivity index (χ4n) is 2.72. The number of hydrogen-bond donors (Lipinski definition) is 1. The van der Waals surface area contributed by atoms with Crippen molar-refractivity contribution in [1.82, 2.24) is 4.90 Å². The lowest BCUT2D eigenvalue weighted by Crippen LogP contribution is -2.34. The largest absolute Gasteiger partial charge is 0.326 e. The molecule has 0 unspecified atom stereocenters. The Morgan fingerprint density at radius 3 is 2.29 bits per heavy atom. The number of carbonyl (C=O) groups is 1. The maximum Gasteiger partial charge on any atom is 0.274 e. The molecule has 0 aliphatic carbocycles. The molecule has 0 spiro atoms. The summed E-state index contributed by atoms with van der Waals surface area (Å²) in [5.41, 5.74) is 1.01. The van der Waals surface area contributed by atoms with Crippen LogP contribution in [0.2, 0.25) is 0 Å². The van der Waals surface area contributed by atoms with E-state index in [1.54, 1.807) is 19.1 Å². The van der Waals surface area contributed by atoms with E-state index in [0.717, 1.165) is 13.1 Å². The van der Waals surface area contributed by atoms with Crippen LogP contribution >= 0.6 is 0 Å². The van der Waals surface area contributed by atoms with E-state index >= 15 is 0 Å². The Morgan fingerprint density at radius 1 is 1.21 bits per heavy atom. The van der Waals surface area contributed by atoms with Crippen molar-refractivity contribution < 1.29 is 9.72 Å². The second kappa shape index (κ2) is 9.37.